The molecule has 0 spiro atoms. The van der Waals surface area contributed by atoms with Crippen LogP contribution in [0.5, 0.6) is 34.5 Å². The number of nitrogens with zero attached hydrogens (tertiary/aromatic N) is 5. The molecule has 0 saturated heterocycles. The maximum absolute atomic E-state index is 7.14. The van der Waals surface area contributed by atoms with Crippen LogP contribution in [0.4, 0.5) is 39.8 Å². The molecular formula is C69H60N5O3Pt-3. The first-order chi connectivity index (χ1) is 36.8. The van der Waals surface area contributed by atoms with E-state index in [1.165, 1.54) is 27.8 Å². The molecule has 0 amide bonds. The zero-order valence-electron chi connectivity index (χ0n) is 45.9. The number of pyridine rings is 1. The Morgan fingerprint density at radius 3 is 1.77 bits per heavy atom. The van der Waals surface area contributed by atoms with Crippen LogP contribution in [0.2, 0.25) is 0 Å². The monoisotopic (exact) mass is 1200 g/mol. The summed E-state index contributed by atoms with van der Waals surface area (Å²) in [6.07, 6.45) is 1.91. The van der Waals surface area contributed by atoms with Crippen molar-refractivity contribution in [2.75, 3.05) is 14.7 Å². The van der Waals surface area contributed by atoms with E-state index >= 15 is 0 Å². The normalized spacial score (nSPS) is 14.7. The van der Waals surface area contributed by atoms with E-state index in [9.17, 15) is 0 Å². The third kappa shape index (κ3) is 7.76. The quantitative estimate of drug-likeness (QED) is 0.154. The molecule has 0 aliphatic carbocycles. The smallest absolute Gasteiger partial charge is 0.157 e. The minimum absolute atomic E-state index is 0. The molecule has 0 atom stereocenters. The first-order valence-electron chi connectivity index (χ1n) is 26.8. The van der Waals surface area contributed by atoms with Gasteiger partial charge in [0, 0.05) is 78.9 Å². The predicted octanol–water partition coefficient (Wildman–Crippen LogP) is 18.9. The molecular weight excluding hydrogens is 1140 g/mol. The van der Waals surface area contributed by atoms with Crippen LogP contribution in [0.25, 0.3) is 38.8 Å². The van der Waals surface area contributed by atoms with Crippen molar-refractivity contribution in [2.24, 2.45) is 0 Å². The zero-order chi connectivity index (χ0) is 53.1. The van der Waals surface area contributed by atoms with Crippen molar-refractivity contribution in [3.63, 3.8) is 0 Å². The summed E-state index contributed by atoms with van der Waals surface area (Å²) in [4.78, 5) is 11.7. The molecule has 0 radical (unpaired) electrons. The third-order valence-corrected chi connectivity index (χ3v) is 16.1. The summed E-state index contributed by atoms with van der Waals surface area (Å²) in [5.41, 5.74) is 16.7. The van der Waals surface area contributed by atoms with Gasteiger partial charge in [-0.2, -0.15) is 12.1 Å². The van der Waals surface area contributed by atoms with Crippen LogP contribution < -0.4 is 28.9 Å². The molecule has 4 aliphatic heterocycles. The summed E-state index contributed by atoms with van der Waals surface area (Å²) < 4.78 is 23.2. The second-order valence-electron chi connectivity index (χ2n) is 24.7. The fourth-order valence-corrected chi connectivity index (χ4v) is 11.8. The van der Waals surface area contributed by atoms with Gasteiger partial charge in [-0.05, 0) is 103 Å². The first-order valence-corrected chi connectivity index (χ1v) is 26.8. The Morgan fingerprint density at radius 1 is 0.526 bits per heavy atom. The largest absolute Gasteiger partial charge is 0.509 e. The molecule has 8 aromatic carbocycles. The van der Waals surface area contributed by atoms with E-state index in [2.05, 4.69) is 248 Å². The summed E-state index contributed by atoms with van der Waals surface area (Å²) in [6.45, 7) is 27.2. The van der Waals surface area contributed by atoms with Crippen LogP contribution in [-0.2, 0) is 42.7 Å². The minimum Gasteiger partial charge on any atom is -0.509 e. The van der Waals surface area contributed by atoms with Crippen molar-refractivity contribution in [2.45, 2.75) is 97.8 Å². The number of ether oxygens (including phenoxy) is 3. The van der Waals surface area contributed by atoms with Crippen LogP contribution in [0.1, 0.15) is 104 Å². The summed E-state index contributed by atoms with van der Waals surface area (Å²) in [5.74, 6) is 5.17. The van der Waals surface area contributed by atoms with Gasteiger partial charge in [0.05, 0.1) is 11.4 Å². The van der Waals surface area contributed by atoms with Crippen molar-refractivity contribution in [1.82, 2.24) is 9.55 Å². The fourth-order valence-electron chi connectivity index (χ4n) is 11.8. The van der Waals surface area contributed by atoms with E-state index in [1.54, 1.807) is 0 Å². The van der Waals surface area contributed by atoms with Gasteiger partial charge in [-0.3, -0.25) is 4.90 Å². The van der Waals surface area contributed by atoms with Gasteiger partial charge in [-0.1, -0.05) is 148 Å². The number of benzene rings is 8. The SMILES string of the molecule is CC(C)(C)c1ccnc(-n2c3[c-]c(Oc4[c-]c(N5[CH-]N(c6cc7c8c(c6)Oc6cc(C(C)(C)C)cc9c6N8c6c(cc(C(C)(C)C)cc6C9(C)C)O7)c6ccccc65)ccc4)ccc3c3cc(-c4ccccc4)ccc32)c1.[Pt]. The molecule has 392 valence electrons. The van der Waals surface area contributed by atoms with Gasteiger partial charge in [0.2, 0.25) is 0 Å². The summed E-state index contributed by atoms with van der Waals surface area (Å²) in [7, 11) is 0. The number of anilines is 7. The second kappa shape index (κ2) is 17.3. The van der Waals surface area contributed by atoms with E-state index in [0.717, 1.165) is 102 Å². The average Bonchev–Trinajstić information content (AvgIpc) is 2.81. The van der Waals surface area contributed by atoms with Crippen LogP contribution in [0.15, 0.2) is 158 Å². The number of para-hydroxylation sites is 2. The first kappa shape index (κ1) is 49.7. The summed E-state index contributed by atoms with van der Waals surface area (Å²) in [5, 5.41) is 2.18. The third-order valence-electron chi connectivity index (χ3n) is 16.1. The number of hydrogen-bond donors (Lipinski definition) is 0. The van der Waals surface area contributed by atoms with E-state index in [4.69, 9.17) is 19.2 Å². The maximum Gasteiger partial charge on any atom is 0.157 e. The molecule has 4 aliphatic rings. The Balaban J connectivity index is 0.00000579. The van der Waals surface area contributed by atoms with Crippen molar-refractivity contribution in [1.29, 1.82) is 0 Å². The molecule has 78 heavy (non-hydrogen) atoms. The van der Waals surface area contributed by atoms with Crippen LogP contribution in [0.3, 0.4) is 0 Å². The summed E-state index contributed by atoms with van der Waals surface area (Å²) >= 11 is 0. The molecule has 6 heterocycles. The van der Waals surface area contributed by atoms with Gasteiger partial charge >= 0.3 is 0 Å². The molecule has 0 N–H and O–H groups in total. The molecule has 0 bridgehead atoms. The van der Waals surface area contributed by atoms with E-state index < -0.39 is 0 Å². The van der Waals surface area contributed by atoms with Gasteiger partial charge in [0.25, 0.3) is 0 Å². The average molecular weight is 1200 g/mol. The van der Waals surface area contributed by atoms with Gasteiger partial charge in [-0.15, -0.1) is 48.1 Å². The van der Waals surface area contributed by atoms with Crippen LogP contribution in [-0.4, -0.2) is 9.55 Å². The van der Waals surface area contributed by atoms with Gasteiger partial charge < -0.3 is 28.6 Å². The summed E-state index contributed by atoms with van der Waals surface area (Å²) in [6, 6.07) is 61.1. The molecule has 0 fully saturated rings. The van der Waals surface area contributed by atoms with E-state index in [0.29, 0.717) is 11.5 Å². The number of rotatable bonds is 6. The van der Waals surface area contributed by atoms with Gasteiger partial charge in [-0.25, -0.2) is 4.98 Å². The van der Waals surface area contributed by atoms with Crippen LogP contribution in [0, 0.1) is 18.8 Å². The number of aromatic nitrogens is 2. The number of fused-ring (bicyclic) bond motifs is 4. The zero-order valence-corrected chi connectivity index (χ0v) is 48.1. The molecule has 10 aromatic rings. The van der Waals surface area contributed by atoms with Crippen molar-refractivity contribution in [3.8, 4) is 51.4 Å². The topological polar surface area (TPSA) is 55.2 Å². The molecule has 0 unspecified atom stereocenters. The Morgan fingerprint density at radius 2 is 1.13 bits per heavy atom. The van der Waals surface area contributed by atoms with Gasteiger partial charge in [0.15, 0.2) is 23.0 Å². The second-order valence-corrected chi connectivity index (χ2v) is 24.7. The van der Waals surface area contributed by atoms with Crippen LogP contribution >= 0.6 is 0 Å². The minimum atomic E-state index is -0.316. The Kier molecular flexibility index (Phi) is 11.1. The molecule has 0 saturated carbocycles. The van der Waals surface area contributed by atoms with E-state index in [-0.39, 0.29) is 42.7 Å². The Labute approximate surface area is 472 Å². The number of hydrogen-bond acceptors (Lipinski definition) is 7. The standard InChI is InChI=1S/C69H60N5O3.Pt/c1-66(2,3)43-28-29-70-62(35-43)73-54-27-24-42(41-18-13-12-14-19-41)30-51(54)50-26-25-49(39-57(50)73)75-48-21-17-20-46(36-48)71-40-72(56-23-16-15-22-55(56)71)47-37-60-65-61(38-47)77-59-34-45(68(7,8)9)32-53-64(59)74(65)63-52(69(53,10)11)31-44(67(4,5)6)33-58(63)76-60;/h12-35,37-38,40H,1-11H3;/q-3;. The molecule has 8 nitrogen and oxygen atoms in total. The van der Waals surface area contributed by atoms with Crippen molar-refractivity contribution in [3.05, 3.63) is 204 Å². The Bertz CT molecular complexity index is 4020. The van der Waals surface area contributed by atoms with Crippen molar-refractivity contribution < 1.29 is 35.3 Å². The van der Waals surface area contributed by atoms with Crippen molar-refractivity contribution >= 4 is 61.6 Å². The molecule has 14 rings (SSSR count). The molecule has 9 heteroatoms. The predicted molar refractivity (Wildman–Crippen MR) is 313 cm³/mol. The van der Waals surface area contributed by atoms with E-state index in [1.807, 2.05) is 24.4 Å². The fraction of sp³-hybridized carbons (Fsp3) is 0.217. The molecule has 2 aromatic heterocycles. The maximum atomic E-state index is 7.14. The van der Waals surface area contributed by atoms with Gasteiger partial charge in [0.1, 0.15) is 11.5 Å². The Hall–Kier alpha value is -7.80.